The fourth-order valence-electron chi connectivity index (χ4n) is 2.80. The number of benzene rings is 2. The molecule has 0 aliphatic rings. The van der Waals surface area contributed by atoms with Gasteiger partial charge in [0, 0.05) is 11.6 Å². The van der Waals surface area contributed by atoms with Crippen LogP contribution in [0.3, 0.4) is 0 Å². The second kappa shape index (κ2) is 12.4. The van der Waals surface area contributed by atoms with Crippen LogP contribution in [0, 0.1) is 0 Å². The Kier molecular flexibility index (Phi) is 9.50. The molecule has 0 saturated carbocycles. The molecule has 0 radical (unpaired) electrons. The van der Waals surface area contributed by atoms with Gasteiger partial charge in [-0.2, -0.15) is 0 Å². The van der Waals surface area contributed by atoms with Gasteiger partial charge in [0.05, 0.1) is 7.11 Å². The third-order valence-electron chi connectivity index (χ3n) is 4.32. The summed E-state index contributed by atoms with van der Waals surface area (Å²) in [7, 11) is 1.37. The van der Waals surface area contributed by atoms with Gasteiger partial charge in [-0.3, -0.25) is 0 Å². The molecule has 0 atom stereocenters. The third kappa shape index (κ3) is 8.65. The van der Waals surface area contributed by atoms with Gasteiger partial charge >= 0.3 is 5.97 Å². The molecule has 152 valence electrons. The summed E-state index contributed by atoms with van der Waals surface area (Å²) in [5.74, 6) is 0.371. The summed E-state index contributed by atoms with van der Waals surface area (Å²) < 4.78 is 10.7. The van der Waals surface area contributed by atoms with Crippen molar-refractivity contribution in [2.75, 3.05) is 13.7 Å². The van der Waals surface area contributed by atoms with E-state index in [1.807, 2.05) is 36.4 Å². The normalized spacial score (nSPS) is 11.0. The van der Waals surface area contributed by atoms with Crippen molar-refractivity contribution in [1.82, 2.24) is 0 Å². The lowest BCUT2D eigenvalue weighted by atomic mass is 10.0. The van der Waals surface area contributed by atoms with E-state index in [1.165, 1.54) is 24.3 Å². The van der Waals surface area contributed by atoms with Gasteiger partial charge in [0.25, 0.3) is 0 Å². The zero-order chi connectivity index (χ0) is 20.9. The quantitative estimate of drug-likeness (QED) is 0.211. The molecule has 3 heteroatoms. The molecule has 0 bridgehead atoms. The molecule has 0 amide bonds. The van der Waals surface area contributed by atoms with Gasteiger partial charge < -0.3 is 9.47 Å². The van der Waals surface area contributed by atoms with Crippen LogP contribution in [0.4, 0.5) is 0 Å². The molecule has 0 saturated heterocycles. The SMILES string of the molecule is COC(=O)/C=C/c1ccc(Cc2ccccc2)cc1OC/C=C/CCC=C(C)C. The van der Waals surface area contributed by atoms with E-state index in [1.54, 1.807) is 6.08 Å². The molecule has 29 heavy (non-hydrogen) atoms. The molecule has 0 fully saturated rings. The Labute approximate surface area is 174 Å². The molecule has 0 aliphatic carbocycles. The highest BCUT2D eigenvalue weighted by atomic mass is 16.5. The van der Waals surface area contributed by atoms with E-state index in [0.717, 1.165) is 36.1 Å². The van der Waals surface area contributed by atoms with E-state index in [-0.39, 0.29) is 5.97 Å². The Hall–Kier alpha value is -3.07. The summed E-state index contributed by atoms with van der Waals surface area (Å²) in [5.41, 5.74) is 4.60. The van der Waals surface area contributed by atoms with Gasteiger partial charge in [0.1, 0.15) is 12.4 Å². The first kappa shape index (κ1) is 22.2. The highest BCUT2D eigenvalue weighted by Crippen LogP contribution is 2.24. The zero-order valence-electron chi connectivity index (χ0n) is 17.6. The fourth-order valence-corrected chi connectivity index (χ4v) is 2.80. The van der Waals surface area contributed by atoms with Crippen LogP contribution in [0.1, 0.15) is 43.4 Å². The maximum Gasteiger partial charge on any atom is 0.330 e. The van der Waals surface area contributed by atoms with Crippen molar-refractivity contribution in [2.24, 2.45) is 0 Å². The molecule has 2 aromatic carbocycles. The molecule has 0 unspecified atom stereocenters. The summed E-state index contributed by atoms with van der Waals surface area (Å²) >= 11 is 0. The van der Waals surface area contributed by atoms with Crippen LogP contribution in [0.15, 0.2) is 78.4 Å². The van der Waals surface area contributed by atoms with Crippen LogP contribution < -0.4 is 4.74 Å². The molecular formula is C26H30O3. The predicted octanol–water partition coefficient (Wildman–Crippen LogP) is 6.15. The fraction of sp³-hybridized carbons (Fsp3) is 0.269. The predicted molar refractivity (Wildman–Crippen MR) is 120 cm³/mol. The van der Waals surface area contributed by atoms with E-state index in [4.69, 9.17) is 4.74 Å². The van der Waals surface area contributed by atoms with Crippen LogP contribution >= 0.6 is 0 Å². The number of allylic oxidation sites excluding steroid dienone is 3. The number of methoxy groups -OCH3 is 1. The summed E-state index contributed by atoms with van der Waals surface area (Å²) in [6.45, 7) is 4.71. The molecule has 2 rings (SSSR count). The van der Waals surface area contributed by atoms with Crippen LogP contribution in [-0.2, 0) is 16.0 Å². The number of ether oxygens (including phenoxy) is 2. The van der Waals surface area contributed by atoms with Crippen LogP contribution in [0.5, 0.6) is 5.75 Å². The van der Waals surface area contributed by atoms with Gasteiger partial charge in [-0.15, -0.1) is 0 Å². The Bertz CT molecular complexity index is 857. The second-order valence-electron chi connectivity index (χ2n) is 7.03. The lowest BCUT2D eigenvalue weighted by Gasteiger charge is -2.10. The number of unbranched alkanes of at least 4 members (excludes halogenated alkanes) is 1. The first-order valence-corrected chi connectivity index (χ1v) is 9.92. The van der Waals surface area contributed by atoms with Crippen molar-refractivity contribution in [3.8, 4) is 5.75 Å². The minimum atomic E-state index is -0.386. The van der Waals surface area contributed by atoms with Gasteiger partial charge in [-0.1, -0.05) is 66.3 Å². The monoisotopic (exact) mass is 390 g/mol. The Morgan fingerprint density at radius 2 is 1.76 bits per heavy atom. The maximum atomic E-state index is 11.4. The molecular weight excluding hydrogens is 360 g/mol. The molecule has 0 aliphatic heterocycles. The van der Waals surface area contributed by atoms with E-state index in [2.05, 4.69) is 48.9 Å². The number of carbonyl (C=O) groups excluding carboxylic acids is 1. The standard InChI is InChI=1S/C26H30O3/c1-21(2)11-7-4-5-10-18-29-25-20-23(19-22-12-8-6-9-13-22)14-15-24(25)16-17-26(27)28-3/h5-6,8-17,20H,4,7,18-19H2,1-3H3/b10-5+,17-16+. The second-order valence-corrected chi connectivity index (χ2v) is 7.03. The molecule has 0 spiro atoms. The van der Waals surface area contributed by atoms with Crippen LogP contribution in [-0.4, -0.2) is 19.7 Å². The first-order valence-electron chi connectivity index (χ1n) is 9.92. The Morgan fingerprint density at radius 1 is 0.966 bits per heavy atom. The summed E-state index contributed by atoms with van der Waals surface area (Å²) in [6, 6.07) is 16.4. The largest absolute Gasteiger partial charge is 0.489 e. The van der Waals surface area contributed by atoms with Crippen molar-refractivity contribution in [3.63, 3.8) is 0 Å². The minimum absolute atomic E-state index is 0.386. The smallest absolute Gasteiger partial charge is 0.330 e. The van der Waals surface area contributed by atoms with Crippen molar-refractivity contribution in [1.29, 1.82) is 0 Å². The van der Waals surface area contributed by atoms with E-state index in [0.29, 0.717) is 6.61 Å². The van der Waals surface area contributed by atoms with E-state index >= 15 is 0 Å². The number of rotatable bonds is 10. The van der Waals surface area contributed by atoms with Gasteiger partial charge in [-0.25, -0.2) is 4.79 Å². The highest BCUT2D eigenvalue weighted by Gasteiger charge is 2.05. The average Bonchev–Trinajstić information content (AvgIpc) is 2.72. The lowest BCUT2D eigenvalue weighted by Crippen LogP contribution is -1.98. The average molecular weight is 391 g/mol. The number of carbonyl (C=O) groups is 1. The number of hydrogen-bond donors (Lipinski definition) is 0. The summed E-state index contributed by atoms with van der Waals surface area (Å²) in [6.07, 6.45) is 12.4. The van der Waals surface area contributed by atoms with Crippen LogP contribution in [0.2, 0.25) is 0 Å². The minimum Gasteiger partial charge on any atom is -0.489 e. The molecule has 3 nitrogen and oxygen atoms in total. The Morgan fingerprint density at radius 3 is 2.48 bits per heavy atom. The maximum absolute atomic E-state index is 11.4. The molecule has 0 N–H and O–H groups in total. The van der Waals surface area contributed by atoms with E-state index in [9.17, 15) is 4.79 Å². The van der Waals surface area contributed by atoms with E-state index < -0.39 is 0 Å². The summed E-state index contributed by atoms with van der Waals surface area (Å²) in [4.78, 5) is 11.4. The molecule has 0 heterocycles. The van der Waals surface area contributed by atoms with Crippen molar-refractivity contribution >= 4 is 12.0 Å². The molecule has 2 aromatic rings. The lowest BCUT2D eigenvalue weighted by molar-refractivity contribution is -0.134. The van der Waals surface area contributed by atoms with Crippen molar-refractivity contribution in [2.45, 2.75) is 33.1 Å². The zero-order valence-corrected chi connectivity index (χ0v) is 17.6. The van der Waals surface area contributed by atoms with Gasteiger partial charge in [0.2, 0.25) is 0 Å². The highest BCUT2D eigenvalue weighted by molar-refractivity contribution is 5.87. The molecule has 0 aromatic heterocycles. The van der Waals surface area contributed by atoms with Crippen LogP contribution in [0.25, 0.3) is 6.08 Å². The van der Waals surface area contributed by atoms with Gasteiger partial charge in [-0.05, 0) is 56.4 Å². The third-order valence-corrected chi connectivity index (χ3v) is 4.32. The topological polar surface area (TPSA) is 35.5 Å². The first-order chi connectivity index (χ1) is 14.1. The van der Waals surface area contributed by atoms with Crippen molar-refractivity contribution < 1.29 is 14.3 Å². The Balaban J connectivity index is 2.08. The summed E-state index contributed by atoms with van der Waals surface area (Å²) in [5, 5.41) is 0. The number of esters is 1. The van der Waals surface area contributed by atoms with Gasteiger partial charge in [0.15, 0.2) is 0 Å². The van der Waals surface area contributed by atoms with Crippen molar-refractivity contribution in [3.05, 3.63) is 95.1 Å². The number of hydrogen-bond acceptors (Lipinski definition) is 3.